The molecule has 0 unspecified atom stereocenters. The number of rotatable bonds is 4. The van der Waals surface area contributed by atoms with Crippen molar-refractivity contribution < 1.29 is 13.9 Å². The van der Waals surface area contributed by atoms with Crippen LogP contribution in [-0.4, -0.2) is 47.2 Å². The summed E-state index contributed by atoms with van der Waals surface area (Å²) in [5.41, 5.74) is 4.31. The minimum absolute atomic E-state index is 0.269. The predicted octanol–water partition coefficient (Wildman–Crippen LogP) is 4.35. The fourth-order valence-electron chi connectivity index (χ4n) is 3.98. The molecule has 2 aliphatic rings. The number of hydrazine groups is 1. The molecule has 0 atom stereocenters. The van der Waals surface area contributed by atoms with E-state index in [-0.39, 0.29) is 5.82 Å². The van der Waals surface area contributed by atoms with Crippen LogP contribution in [-0.2, 0) is 4.74 Å². The molecule has 5 rings (SSSR count). The molecule has 2 aromatic carbocycles. The number of amidine groups is 1. The van der Waals surface area contributed by atoms with Gasteiger partial charge in [-0.15, -0.1) is 0 Å². The highest BCUT2D eigenvalue weighted by Gasteiger charge is 2.32. The van der Waals surface area contributed by atoms with Crippen LogP contribution in [0.3, 0.4) is 0 Å². The minimum atomic E-state index is -0.269. The Bertz CT molecular complexity index is 1260. The molecule has 0 aliphatic carbocycles. The number of halogens is 1. The second-order valence-corrected chi connectivity index (χ2v) is 7.87. The average Bonchev–Trinajstić information content (AvgIpc) is 3.25. The van der Waals surface area contributed by atoms with Gasteiger partial charge < -0.3 is 14.0 Å². The summed E-state index contributed by atoms with van der Waals surface area (Å²) in [5, 5.41) is 4.10. The number of aromatic nitrogens is 2. The SMILES string of the molecule is C=C1CN(c2ccc(F)cc2)N2CCO/C(=C\c3ccc(-n4cnc(C)c4)c(OC)c3)C2=N1. The summed E-state index contributed by atoms with van der Waals surface area (Å²) in [6.07, 6.45) is 5.66. The lowest BCUT2D eigenvalue weighted by Crippen LogP contribution is -2.54. The summed E-state index contributed by atoms with van der Waals surface area (Å²) < 4.78 is 27.0. The summed E-state index contributed by atoms with van der Waals surface area (Å²) >= 11 is 0. The molecule has 0 spiro atoms. The zero-order chi connectivity index (χ0) is 22.9. The van der Waals surface area contributed by atoms with E-state index in [0.29, 0.717) is 37.0 Å². The van der Waals surface area contributed by atoms with Gasteiger partial charge in [-0.2, -0.15) is 0 Å². The standard InChI is InChI=1S/C25H24FN5O2/c1-17-14-29(16-27-17)22-9-4-19(12-23(22)32-3)13-24-25-28-18(2)15-31(30(25)10-11-33-24)21-7-5-20(26)6-8-21/h4-9,12-14,16H,2,10-11,15H2,1,3H3/b24-13-. The van der Waals surface area contributed by atoms with Gasteiger partial charge in [0.05, 0.1) is 49.3 Å². The number of hydrogen-bond acceptors (Lipinski definition) is 6. The normalized spacial score (nSPS) is 17.0. The number of aryl methyl sites for hydroxylation is 1. The first-order valence-electron chi connectivity index (χ1n) is 10.6. The molecule has 0 N–H and O–H groups in total. The van der Waals surface area contributed by atoms with E-state index in [1.807, 2.05) is 47.0 Å². The molecule has 1 fully saturated rings. The van der Waals surface area contributed by atoms with Crippen LogP contribution in [0.1, 0.15) is 11.3 Å². The lowest BCUT2D eigenvalue weighted by Gasteiger charge is -2.44. The molecule has 7 nitrogen and oxygen atoms in total. The van der Waals surface area contributed by atoms with Crippen LogP contribution in [0.2, 0.25) is 0 Å². The molecule has 168 valence electrons. The van der Waals surface area contributed by atoms with E-state index in [4.69, 9.17) is 9.47 Å². The van der Waals surface area contributed by atoms with Crippen molar-refractivity contribution in [3.05, 3.63) is 90.1 Å². The number of benzene rings is 2. The lowest BCUT2D eigenvalue weighted by molar-refractivity contribution is 0.163. The van der Waals surface area contributed by atoms with E-state index in [9.17, 15) is 4.39 Å². The van der Waals surface area contributed by atoms with Crippen molar-refractivity contribution in [2.45, 2.75) is 6.92 Å². The molecule has 0 amide bonds. The fourth-order valence-corrected chi connectivity index (χ4v) is 3.98. The van der Waals surface area contributed by atoms with Crippen LogP contribution < -0.4 is 9.75 Å². The van der Waals surface area contributed by atoms with Crippen molar-refractivity contribution in [2.24, 2.45) is 4.99 Å². The van der Waals surface area contributed by atoms with Gasteiger partial charge in [0.15, 0.2) is 11.6 Å². The molecule has 0 radical (unpaired) electrons. The summed E-state index contributed by atoms with van der Waals surface area (Å²) in [7, 11) is 1.65. The zero-order valence-electron chi connectivity index (χ0n) is 18.5. The van der Waals surface area contributed by atoms with E-state index < -0.39 is 0 Å². The third-order valence-electron chi connectivity index (χ3n) is 5.53. The Balaban J connectivity index is 1.48. The van der Waals surface area contributed by atoms with E-state index in [1.165, 1.54) is 12.1 Å². The van der Waals surface area contributed by atoms with Gasteiger partial charge in [-0.25, -0.2) is 14.4 Å². The van der Waals surface area contributed by atoms with E-state index in [2.05, 4.69) is 21.6 Å². The molecule has 3 heterocycles. The molecule has 33 heavy (non-hydrogen) atoms. The number of hydrogen-bond donors (Lipinski definition) is 0. The van der Waals surface area contributed by atoms with Gasteiger partial charge in [0.25, 0.3) is 0 Å². The van der Waals surface area contributed by atoms with Crippen LogP contribution >= 0.6 is 0 Å². The lowest BCUT2D eigenvalue weighted by atomic mass is 10.1. The Labute approximate surface area is 191 Å². The highest BCUT2D eigenvalue weighted by molar-refractivity contribution is 6.02. The first-order chi connectivity index (χ1) is 16.0. The number of methoxy groups -OCH3 is 1. The van der Waals surface area contributed by atoms with Gasteiger partial charge in [-0.3, -0.25) is 10.0 Å². The summed E-state index contributed by atoms with van der Waals surface area (Å²) in [6, 6.07) is 12.4. The Morgan fingerprint density at radius 2 is 1.97 bits per heavy atom. The van der Waals surface area contributed by atoms with E-state index in [0.717, 1.165) is 28.4 Å². The van der Waals surface area contributed by atoms with Crippen LogP contribution in [0.5, 0.6) is 5.75 Å². The van der Waals surface area contributed by atoms with Gasteiger partial charge in [0.1, 0.15) is 18.2 Å². The number of imidazole rings is 1. The largest absolute Gasteiger partial charge is 0.495 e. The van der Waals surface area contributed by atoms with Crippen molar-refractivity contribution in [3.8, 4) is 11.4 Å². The summed E-state index contributed by atoms with van der Waals surface area (Å²) in [6.45, 7) is 7.67. The maximum atomic E-state index is 13.5. The van der Waals surface area contributed by atoms with Crippen molar-refractivity contribution >= 4 is 17.6 Å². The van der Waals surface area contributed by atoms with Crippen LogP contribution in [0.15, 0.2) is 78.0 Å². The first kappa shape index (κ1) is 20.8. The summed E-state index contributed by atoms with van der Waals surface area (Å²) in [4.78, 5) is 8.98. The van der Waals surface area contributed by atoms with Gasteiger partial charge in [0.2, 0.25) is 0 Å². The topological polar surface area (TPSA) is 55.1 Å². The number of aliphatic imine (C=N–C) groups is 1. The number of ether oxygens (including phenoxy) is 2. The second-order valence-electron chi connectivity index (χ2n) is 7.87. The molecule has 8 heteroatoms. The highest BCUT2D eigenvalue weighted by Crippen LogP contribution is 2.30. The van der Waals surface area contributed by atoms with Crippen LogP contribution in [0.4, 0.5) is 10.1 Å². The molecular formula is C25H24FN5O2. The fraction of sp³-hybridized carbons (Fsp3) is 0.200. The van der Waals surface area contributed by atoms with Gasteiger partial charge in [-0.05, 0) is 55.0 Å². The first-order valence-corrected chi connectivity index (χ1v) is 10.6. The molecule has 1 aromatic heterocycles. The molecule has 1 saturated heterocycles. The maximum absolute atomic E-state index is 13.5. The van der Waals surface area contributed by atoms with E-state index >= 15 is 0 Å². The Morgan fingerprint density at radius 3 is 2.70 bits per heavy atom. The van der Waals surface area contributed by atoms with Gasteiger partial charge in [0, 0.05) is 6.20 Å². The van der Waals surface area contributed by atoms with Gasteiger partial charge >= 0.3 is 0 Å². The highest BCUT2D eigenvalue weighted by atomic mass is 19.1. The number of morpholine rings is 1. The number of anilines is 1. The van der Waals surface area contributed by atoms with Crippen molar-refractivity contribution in [1.29, 1.82) is 0 Å². The monoisotopic (exact) mass is 445 g/mol. The third kappa shape index (κ3) is 4.07. The van der Waals surface area contributed by atoms with E-state index in [1.54, 1.807) is 25.6 Å². The average molecular weight is 445 g/mol. The molecular weight excluding hydrogens is 421 g/mol. The maximum Gasteiger partial charge on any atom is 0.190 e. The van der Waals surface area contributed by atoms with Crippen LogP contribution in [0.25, 0.3) is 11.8 Å². The Kier molecular flexibility index (Phi) is 5.34. The van der Waals surface area contributed by atoms with Crippen molar-refractivity contribution in [3.63, 3.8) is 0 Å². The van der Waals surface area contributed by atoms with Crippen molar-refractivity contribution in [1.82, 2.24) is 14.6 Å². The van der Waals surface area contributed by atoms with Gasteiger partial charge in [-0.1, -0.05) is 12.6 Å². The number of nitrogens with zero attached hydrogens (tertiary/aromatic N) is 5. The molecule has 2 aliphatic heterocycles. The predicted molar refractivity (Wildman–Crippen MR) is 126 cm³/mol. The smallest absolute Gasteiger partial charge is 0.190 e. The quantitative estimate of drug-likeness (QED) is 0.598. The second kappa shape index (κ2) is 8.46. The zero-order valence-corrected chi connectivity index (χ0v) is 18.5. The number of fused-ring (bicyclic) bond motifs is 1. The Morgan fingerprint density at radius 1 is 1.15 bits per heavy atom. The third-order valence-corrected chi connectivity index (χ3v) is 5.53. The minimum Gasteiger partial charge on any atom is -0.495 e. The molecule has 0 bridgehead atoms. The molecule has 0 saturated carbocycles. The molecule has 3 aromatic rings. The summed E-state index contributed by atoms with van der Waals surface area (Å²) in [5.74, 6) is 1.77. The van der Waals surface area contributed by atoms with Crippen molar-refractivity contribution in [2.75, 3.05) is 31.8 Å². The van der Waals surface area contributed by atoms with Crippen LogP contribution in [0, 0.1) is 12.7 Å². The Hall–Kier alpha value is -4.07.